The topological polar surface area (TPSA) is 40.5 Å². The summed E-state index contributed by atoms with van der Waals surface area (Å²) in [5.74, 6) is -0.329. The minimum absolute atomic E-state index is 0.0324. The summed E-state index contributed by atoms with van der Waals surface area (Å²) >= 11 is 0. The van der Waals surface area contributed by atoms with Crippen molar-refractivity contribution < 1.29 is 9.90 Å². The summed E-state index contributed by atoms with van der Waals surface area (Å²) < 4.78 is 0. The molecule has 0 rings (SSSR count). The molecular weight excluding hydrogens is 130 g/mol. The molecular formula is C7H15NO2. The minimum Gasteiger partial charge on any atom is -0.393 e. The van der Waals surface area contributed by atoms with Gasteiger partial charge in [-0.15, -0.1) is 0 Å². The summed E-state index contributed by atoms with van der Waals surface area (Å²) in [4.78, 5) is 12.5. The summed E-state index contributed by atoms with van der Waals surface area (Å²) in [6, 6.07) is 0. The third kappa shape index (κ3) is 2.35. The van der Waals surface area contributed by atoms with E-state index in [2.05, 4.69) is 0 Å². The van der Waals surface area contributed by atoms with Crippen LogP contribution in [-0.4, -0.2) is 36.1 Å². The molecule has 0 saturated heterocycles. The van der Waals surface area contributed by atoms with E-state index < -0.39 is 6.10 Å². The fraction of sp³-hybridized carbons (Fsp3) is 0.857. The lowest BCUT2D eigenvalue weighted by Crippen LogP contribution is -2.33. The summed E-state index contributed by atoms with van der Waals surface area (Å²) in [5, 5.41) is 8.99. The lowest BCUT2D eigenvalue weighted by molar-refractivity contribution is -0.135. The van der Waals surface area contributed by atoms with Crippen molar-refractivity contribution >= 4 is 5.91 Å². The van der Waals surface area contributed by atoms with E-state index in [4.69, 9.17) is 5.11 Å². The molecule has 0 aliphatic carbocycles. The fourth-order valence-corrected chi connectivity index (χ4v) is 0.614. The number of rotatable bonds is 2. The molecule has 60 valence electrons. The van der Waals surface area contributed by atoms with Gasteiger partial charge in [0, 0.05) is 14.1 Å². The zero-order chi connectivity index (χ0) is 8.31. The van der Waals surface area contributed by atoms with E-state index in [0.29, 0.717) is 0 Å². The second-order valence-electron chi connectivity index (χ2n) is 2.76. The predicted octanol–water partition coefficient (Wildman–Crippen LogP) is 0.0915. The highest BCUT2D eigenvalue weighted by atomic mass is 16.3. The average Bonchev–Trinajstić information content (AvgIpc) is 1.84. The maximum Gasteiger partial charge on any atom is 0.227 e. The van der Waals surface area contributed by atoms with Gasteiger partial charge in [0.15, 0.2) is 0 Å². The highest BCUT2D eigenvalue weighted by Gasteiger charge is 2.18. The van der Waals surface area contributed by atoms with Crippen molar-refractivity contribution in [3.63, 3.8) is 0 Å². The number of aliphatic hydroxyl groups is 1. The van der Waals surface area contributed by atoms with Crippen LogP contribution >= 0.6 is 0 Å². The van der Waals surface area contributed by atoms with Gasteiger partial charge in [-0.25, -0.2) is 0 Å². The van der Waals surface area contributed by atoms with Gasteiger partial charge in [0.25, 0.3) is 0 Å². The molecule has 3 nitrogen and oxygen atoms in total. The molecule has 3 heteroatoms. The first-order valence-electron chi connectivity index (χ1n) is 3.36. The van der Waals surface area contributed by atoms with Crippen molar-refractivity contribution in [2.24, 2.45) is 5.92 Å². The standard InChI is InChI=1S/C7H15NO2/c1-5(6(2)9)7(10)8(3)4/h5-6,9H,1-4H3/t5?,6-/m1/s1. The van der Waals surface area contributed by atoms with Crippen molar-refractivity contribution in [2.45, 2.75) is 20.0 Å². The van der Waals surface area contributed by atoms with Crippen molar-refractivity contribution in [2.75, 3.05) is 14.1 Å². The molecule has 0 bridgehead atoms. The SMILES string of the molecule is CC(C(=O)N(C)C)[C@@H](C)O. The monoisotopic (exact) mass is 145 g/mol. The molecule has 0 saturated carbocycles. The Balaban J connectivity index is 3.95. The number of carbonyl (C=O) groups excluding carboxylic acids is 1. The van der Waals surface area contributed by atoms with Crippen molar-refractivity contribution in [3.05, 3.63) is 0 Å². The van der Waals surface area contributed by atoms with Crippen LogP contribution in [0.1, 0.15) is 13.8 Å². The molecule has 1 unspecified atom stereocenters. The van der Waals surface area contributed by atoms with Crippen LogP contribution in [0.5, 0.6) is 0 Å². The Kier molecular flexibility index (Phi) is 3.36. The van der Waals surface area contributed by atoms with Gasteiger partial charge in [-0.3, -0.25) is 4.79 Å². The van der Waals surface area contributed by atoms with Crippen LogP contribution in [0, 0.1) is 5.92 Å². The zero-order valence-electron chi connectivity index (χ0n) is 6.96. The molecule has 0 fully saturated rings. The molecule has 0 aromatic carbocycles. The van der Waals surface area contributed by atoms with E-state index in [1.165, 1.54) is 4.90 Å². The molecule has 0 radical (unpaired) electrons. The normalized spacial score (nSPS) is 16.1. The Labute approximate surface area is 61.6 Å². The number of carbonyl (C=O) groups is 1. The first-order valence-corrected chi connectivity index (χ1v) is 3.36. The Morgan fingerprint density at radius 3 is 1.90 bits per heavy atom. The smallest absolute Gasteiger partial charge is 0.227 e. The molecule has 0 spiro atoms. The third-order valence-electron chi connectivity index (χ3n) is 1.55. The maximum absolute atomic E-state index is 11.1. The van der Waals surface area contributed by atoms with E-state index in [9.17, 15) is 4.79 Å². The second kappa shape index (κ2) is 3.56. The van der Waals surface area contributed by atoms with Crippen LogP contribution in [0.3, 0.4) is 0 Å². The summed E-state index contributed by atoms with van der Waals surface area (Å²) in [6.07, 6.45) is -0.560. The summed E-state index contributed by atoms with van der Waals surface area (Å²) in [7, 11) is 3.36. The molecule has 1 N–H and O–H groups in total. The van der Waals surface area contributed by atoms with Gasteiger partial charge in [0.2, 0.25) is 5.91 Å². The second-order valence-corrected chi connectivity index (χ2v) is 2.76. The Hall–Kier alpha value is -0.570. The van der Waals surface area contributed by atoms with E-state index in [1.807, 2.05) is 0 Å². The van der Waals surface area contributed by atoms with Gasteiger partial charge >= 0.3 is 0 Å². The van der Waals surface area contributed by atoms with Gasteiger partial charge in [0.05, 0.1) is 12.0 Å². The highest BCUT2D eigenvalue weighted by molar-refractivity contribution is 5.78. The Morgan fingerprint density at radius 1 is 1.40 bits per heavy atom. The molecule has 0 aliphatic heterocycles. The number of hydrogen-bond acceptors (Lipinski definition) is 2. The highest BCUT2D eigenvalue weighted by Crippen LogP contribution is 2.04. The Bertz CT molecular complexity index is 121. The average molecular weight is 145 g/mol. The van der Waals surface area contributed by atoms with Gasteiger partial charge in [-0.05, 0) is 6.92 Å². The van der Waals surface area contributed by atoms with Gasteiger partial charge in [-0.1, -0.05) is 6.92 Å². The molecule has 0 aliphatic rings. The van der Waals surface area contributed by atoms with E-state index in [0.717, 1.165) is 0 Å². The van der Waals surface area contributed by atoms with Gasteiger partial charge in [0.1, 0.15) is 0 Å². The van der Waals surface area contributed by atoms with Crippen LogP contribution in [0.25, 0.3) is 0 Å². The van der Waals surface area contributed by atoms with E-state index >= 15 is 0 Å². The van der Waals surface area contributed by atoms with Gasteiger partial charge in [-0.2, -0.15) is 0 Å². The first kappa shape index (κ1) is 9.43. The summed E-state index contributed by atoms with van der Waals surface area (Å²) in [5.41, 5.74) is 0. The van der Waals surface area contributed by atoms with E-state index in [1.54, 1.807) is 27.9 Å². The number of hydrogen-bond donors (Lipinski definition) is 1. The van der Waals surface area contributed by atoms with Crippen LogP contribution in [0.15, 0.2) is 0 Å². The van der Waals surface area contributed by atoms with Crippen molar-refractivity contribution in [3.8, 4) is 0 Å². The molecule has 0 aromatic heterocycles. The quantitative estimate of drug-likeness (QED) is 0.598. The molecule has 2 atom stereocenters. The van der Waals surface area contributed by atoms with Crippen molar-refractivity contribution in [1.29, 1.82) is 0 Å². The third-order valence-corrected chi connectivity index (χ3v) is 1.55. The van der Waals surface area contributed by atoms with Crippen LogP contribution in [-0.2, 0) is 4.79 Å². The van der Waals surface area contributed by atoms with Crippen LogP contribution in [0.2, 0.25) is 0 Å². The van der Waals surface area contributed by atoms with Crippen molar-refractivity contribution in [1.82, 2.24) is 4.90 Å². The number of nitrogens with zero attached hydrogens (tertiary/aromatic N) is 1. The van der Waals surface area contributed by atoms with Crippen LogP contribution in [0.4, 0.5) is 0 Å². The van der Waals surface area contributed by atoms with E-state index in [-0.39, 0.29) is 11.8 Å². The lowest BCUT2D eigenvalue weighted by Gasteiger charge is -2.18. The minimum atomic E-state index is -0.560. The maximum atomic E-state index is 11.1. The first-order chi connectivity index (χ1) is 4.46. The van der Waals surface area contributed by atoms with Crippen LogP contribution < -0.4 is 0 Å². The summed E-state index contributed by atoms with van der Waals surface area (Å²) in [6.45, 7) is 3.33. The zero-order valence-corrected chi connectivity index (χ0v) is 6.96. The molecule has 0 heterocycles. The molecule has 10 heavy (non-hydrogen) atoms. The predicted molar refractivity (Wildman–Crippen MR) is 39.5 cm³/mol. The van der Waals surface area contributed by atoms with Gasteiger partial charge < -0.3 is 10.0 Å². The molecule has 0 aromatic rings. The lowest BCUT2D eigenvalue weighted by atomic mass is 10.1. The Morgan fingerprint density at radius 2 is 1.80 bits per heavy atom. The number of amides is 1. The largest absolute Gasteiger partial charge is 0.393 e. The number of aliphatic hydroxyl groups excluding tert-OH is 1. The molecule has 1 amide bonds. The fourth-order valence-electron chi connectivity index (χ4n) is 0.614.